The van der Waals surface area contributed by atoms with Crippen molar-refractivity contribution in [3.63, 3.8) is 0 Å². The van der Waals surface area contributed by atoms with Crippen LogP contribution in [-0.4, -0.2) is 39.8 Å². The molecule has 0 saturated carbocycles. The van der Waals surface area contributed by atoms with Crippen molar-refractivity contribution in [1.29, 1.82) is 0 Å². The first-order valence-corrected chi connectivity index (χ1v) is 10.9. The third kappa shape index (κ3) is 3.84. The van der Waals surface area contributed by atoms with Crippen molar-refractivity contribution < 1.29 is 14.6 Å². The second-order valence-electron chi connectivity index (χ2n) is 8.32. The van der Waals surface area contributed by atoms with Gasteiger partial charge in [0.05, 0.1) is 18.8 Å². The van der Waals surface area contributed by atoms with Gasteiger partial charge in [-0.2, -0.15) is 5.10 Å². The zero-order valence-electron chi connectivity index (χ0n) is 18.6. The molecule has 2 N–H and O–H groups in total. The van der Waals surface area contributed by atoms with Crippen LogP contribution in [0.15, 0.2) is 72.8 Å². The predicted octanol–water partition coefficient (Wildman–Crippen LogP) is 4.89. The van der Waals surface area contributed by atoms with Crippen molar-refractivity contribution >= 4 is 5.91 Å². The summed E-state index contributed by atoms with van der Waals surface area (Å²) in [6.07, 6.45) is 0.710. The number of ether oxygens (including phenoxy) is 1. The molecule has 33 heavy (non-hydrogen) atoms. The number of carbonyl (C=O) groups is 1. The van der Waals surface area contributed by atoms with Crippen LogP contribution in [-0.2, 0) is 6.42 Å². The van der Waals surface area contributed by atoms with Crippen LogP contribution in [0.5, 0.6) is 11.5 Å². The molecule has 2 heterocycles. The summed E-state index contributed by atoms with van der Waals surface area (Å²) >= 11 is 0. The maximum absolute atomic E-state index is 13.5. The number of benzene rings is 3. The van der Waals surface area contributed by atoms with Gasteiger partial charge in [-0.25, -0.2) is 0 Å². The van der Waals surface area contributed by atoms with Gasteiger partial charge in [0.1, 0.15) is 17.2 Å². The number of hydrogen-bond donors (Lipinski definition) is 2. The molecule has 0 radical (unpaired) electrons. The van der Waals surface area contributed by atoms with Gasteiger partial charge in [-0.3, -0.25) is 9.89 Å². The molecule has 1 aromatic heterocycles. The SMILES string of the molecule is COc1ccc(CCN2C(=O)c3[nH]nc(-c4ccc(C)cc4)c3C2c2ccc(O)cc2)cc1. The molecular weight excluding hydrogens is 414 g/mol. The van der Waals surface area contributed by atoms with Crippen LogP contribution in [0.3, 0.4) is 0 Å². The maximum atomic E-state index is 13.5. The molecule has 6 nitrogen and oxygen atoms in total. The van der Waals surface area contributed by atoms with E-state index in [-0.39, 0.29) is 17.7 Å². The summed E-state index contributed by atoms with van der Waals surface area (Å²) < 4.78 is 5.25. The van der Waals surface area contributed by atoms with E-state index in [4.69, 9.17) is 4.74 Å². The third-order valence-electron chi connectivity index (χ3n) is 6.20. The Balaban J connectivity index is 1.53. The van der Waals surface area contributed by atoms with Gasteiger partial charge < -0.3 is 14.7 Å². The lowest BCUT2D eigenvalue weighted by Crippen LogP contribution is -2.31. The molecule has 0 fully saturated rings. The van der Waals surface area contributed by atoms with Crippen LogP contribution in [0.4, 0.5) is 0 Å². The fourth-order valence-corrected chi connectivity index (χ4v) is 4.40. The number of methoxy groups -OCH3 is 1. The summed E-state index contributed by atoms with van der Waals surface area (Å²) in [5.74, 6) is 0.934. The number of rotatable bonds is 6. The number of amides is 1. The summed E-state index contributed by atoms with van der Waals surface area (Å²) in [7, 11) is 1.65. The molecule has 0 spiro atoms. The van der Waals surface area contributed by atoms with Gasteiger partial charge in [-0.05, 0) is 48.7 Å². The molecule has 0 saturated heterocycles. The molecule has 5 rings (SSSR count). The van der Waals surface area contributed by atoms with E-state index in [0.717, 1.165) is 33.7 Å². The first kappa shape index (κ1) is 20.8. The average molecular weight is 440 g/mol. The third-order valence-corrected chi connectivity index (χ3v) is 6.20. The molecule has 0 bridgehead atoms. The zero-order valence-corrected chi connectivity index (χ0v) is 18.6. The minimum absolute atomic E-state index is 0.0672. The molecule has 1 aliphatic heterocycles. The molecule has 1 unspecified atom stereocenters. The summed E-state index contributed by atoms with van der Waals surface area (Å²) in [6.45, 7) is 2.59. The second kappa shape index (κ2) is 8.47. The number of aromatic nitrogens is 2. The molecule has 1 aliphatic rings. The Labute approximate surface area is 192 Å². The Kier molecular flexibility index (Phi) is 5.34. The van der Waals surface area contributed by atoms with Crippen LogP contribution in [0.1, 0.15) is 38.8 Å². The van der Waals surface area contributed by atoms with Crippen LogP contribution in [0, 0.1) is 6.92 Å². The van der Waals surface area contributed by atoms with Crippen molar-refractivity contribution in [2.45, 2.75) is 19.4 Å². The Bertz CT molecular complexity index is 1280. The molecule has 3 aromatic carbocycles. The molecule has 6 heteroatoms. The van der Waals surface area contributed by atoms with Crippen molar-refractivity contribution in [1.82, 2.24) is 15.1 Å². The fourth-order valence-electron chi connectivity index (χ4n) is 4.40. The summed E-state index contributed by atoms with van der Waals surface area (Å²) in [5.41, 5.74) is 6.38. The van der Waals surface area contributed by atoms with Crippen molar-refractivity contribution in [3.05, 3.63) is 101 Å². The minimum Gasteiger partial charge on any atom is -0.508 e. The topological polar surface area (TPSA) is 78.5 Å². The number of phenols is 1. The number of aromatic hydroxyl groups is 1. The monoisotopic (exact) mass is 439 g/mol. The van der Waals surface area contributed by atoms with Gasteiger partial charge in [0.15, 0.2) is 0 Å². The number of nitrogens with zero attached hydrogens (tertiary/aromatic N) is 2. The van der Waals surface area contributed by atoms with E-state index >= 15 is 0 Å². The molecule has 166 valence electrons. The highest BCUT2D eigenvalue weighted by atomic mass is 16.5. The van der Waals surface area contributed by atoms with Gasteiger partial charge in [-0.1, -0.05) is 54.1 Å². The van der Waals surface area contributed by atoms with Crippen molar-refractivity contribution in [2.24, 2.45) is 0 Å². The number of H-pyrrole nitrogens is 1. The Morgan fingerprint density at radius 1 is 1.00 bits per heavy atom. The van der Waals surface area contributed by atoms with E-state index in [1.165, 1.54) is 5.56 Å². The van der Waals surface area contributed by atoms with E-state index < -0.39 is 0 Å². The van der Waals surface area contributed by atoms with Crippen LogP contribution in [0.2, 0.25) is 0 Å². The number of phenolic OH excluding ortho intramolecular Hbond substituents is 1. The number of hydrogen-bond acceptors (Lipinski definition) is 4. The zero-order chi connectivity index (χ0) is 22.9. The van der Waals surface area contributed by atoms with Crippen LogP contribution in [0.25, 0.3) is 11.3 Å². The fraction of sp³-hybridized carbons (Fsp3) is 0.185. The normalized spacial score (nSPS) is 15.0. The number of fused-ring (bicyclic) bond motifs is 1. The van der Waals surface area contributed by atoms with Crippen LogP contribution >= 0.6 is 0 Å². The molecule has 4 aromatic rings. The number of nitrogens with one attached hydrogen (secondary N) is 1. The largest absolute Gasteiger partial charge is 0.508 e. The van der Waals surface area contributed by atoms with Gasteiger partial charge in [0, 0.05) is 17.7 Å². The average Bonchev–Trinajstić information content (AvgIpc) is 3.38. The standard InChI is InChI=1S/C27H25N3O3/c1-17-3-7-19(8-4-17)24-23-25(29-28-24)27(32)30(26(23)20-9-11-21(31)12-10-20)16-15-18-5-13-22(33-2)14-6-18/h3-14,26,31H,15-16H2,1-2H3,(H,28,29). The Morgan fingerprint density at radius 2 is 1.70 bits per heavy atom. The summed E-state index contributed by atoms with van der Waals surface area (Å²) in [5, 5.41) is 17.3. The van der Waals surface area contributed by atoms with Gasteiger partial charge in [0.25, 0.3) is 5.91 Å². The van der Waals surface area contributed by atoms with Crippen LogP contribution < -0.4 is 4.74 Å². The number of aromatic amines is 1. The number of aryl methyl sites for hydroxylation is 1. The van der Waals surface area contributed by atoms with Crippen molar-refractivity contribution in [2.75, 3.05) is 13.7 Å². The molecule has 0 aliphatic carbocycles. The quantitative estimate of drug-likeness (QED) is 0.449. The van der Waals surface area contributed by atoms with Crippen molar-refractivity contribution in [3.8, 4) is 22.8 Å². The van der Waals surface area contributed by atoms with E-state index in [2.05, 4.69) is 10.2 Å². The molecule has 1 amide bonds. The molecule has 1 atom stereocenters. The van der Waals surface area contributed by atoms with E-state index in [0.29, 0.717) is 18.7 Å². The van der Waals surface area contributed by atoms with Gasteiger partial charge in [0.2, 0.25) is 0 Å². The summed E-state index contributed by atoms with van der Waals surface area (Å²) in [4.78, 5) is 15.3. The Morgan fingerprint density at radius 3 is 2.36 bits per heavy atom. The first-order valence-electron chi connectivity index (χ1n) is 10.9. The lowest BCUT2D eigenvalue weighted by atomic mass is 9.95. The highest BCUT2D eigenvalue weighted by molar-refractivity contribution is 6.00. The van der Waals surface area contributed by atoms with E-state index in [1.807, 2.05) is 72.5 Å². The van der Waals surface area contributed by atoms with E-state index in [1.54, 1.807) is 19.2 Å². The highest BCUT2D eigenvalue weighted by Crippen LogP contribution is 2.43. The summed E-state index contributed by atoms with van der Waals surface area (Å²) in [6, 6.07) is 22.8. The lowest BCUT2D eigenvalue weighted by Gasteiger charge is -2.26. The van der Waals surface area contributed by atoms with Gasteiger partial charge in [-0.15, -0.1) is 0 Å². The molecular formula is C27H25N3O3. The van der Waals surface area contributed by atoms with E-state index in [9.17, 15) is 9.90 Å². The maximum Gasteiger partial charge on any atom is 0.273 e. The Hall–Kier alpha value is -4.06. The number of carbonyl (C=O) groups excluding carboxylic acids is 1. The first-order chi connectivity index (χ1) is 16.0. The highest BCUT2D eigenvalue weighted by Gasteiger charge is 2.41. The van der Waals surface area contributed by atoms with Gasteiger partial charge >= 0.3 is 0 Å². The minimum atomic E-state index is -0.290. The second-order valence-corrected chi connectivity index (χ2v) is 8.32. The smallest absolute Gasteiger partial charge is 0.273 e. The lowest BCUT2D eigenvalue weighted by molar-refractivity contribution is 0.0746. The predicted molar refractivity (Wildman–Crippen MR) is 126 cm³/mol.